The molecule has 2 aromatic carbocycles. The molecule has 232 valence electrons. The van der Waals surface area contributed by atoms with Crippen LogP contribution >= 0.6 is 0 Å². The summed E-state index contributed by atoms with van der Waals surface area (Å²) in [4.78, 5) is 16.4. The number of aliphatic hydroxyl groups is 1. The van der Waals surface area contributed by atoms with Crippen molar-refractivity contribution in [2.45, 2.75) is 27.7 Å². The van der Waals surface area contributed by atoms with E-state index in [0.29, 0.717) is 39.7 Å². The zero-order valence-electron chi connectivity index (χ0n) is 25.7. The highest BCUT2D eigenvalue weighted by Gasteiger charge is 2.10. The van der Waals surface area contributed by atoms with E-state index in [1.807, 2.05) is 18.2 Å². The van der Waals surface area contributed by atoms with Gasteiger partial charge >= 0.3 is 0 Å². The van der Waals surface area contributed by atoms with E-state index in [4.69, 9.17) is 43.4 Å². The van der Waals surface area contributed by atoms with E-state index in [2.05, 4.69) is 9.69 Å². The van der Waals surface area contributed by atoms with Gasteiger partial charge in [-0.25, -0.2) is 20.2 Å². The number of carbonyl (C=O) groups excluding carboxylic acids is 1. The van der Waals surface area contributed by atoms with E-state index in [0.717, 1.165) is 11.8 Å². The molecule has 0 amide bonds. The predicted octanol–water partition coefficient (Wildman–Crippen LogP) is 7.64. The standard InChI is InChI=1S/C17H12N2O2.C10H8N2O.C7H6O2.C2H6O/c1-12-9-14(17(11-18)19-2)10-16(21-12)8-5-13-3-6-15(20)7-4-13;1-7-4-9(5-8(2)13-7)10(6-11)12-3;8-5-6-1-3-7(9)4-2-6;1-2-3/h3-10,20H,1H3;4-5H,1-2H3;1-5,9H;3H,2H2,1H3/b8-5+,17-14+;;;. The molecule has 4 rings (SSSR count). The number of aliphatic hydroxyl groups excluding tert-OH is 1. The molecular weight excluding hydrogens is 584 g/mol. The van der Waals surface area contributed by atoms with E-state index in [9.17, 15) is 9.90 Å². The van der Waals surface area contributed by atoms with Crippen molar-refractivity contribution in [1.82, 2.24) is 0 Å². The Kier molecular flexibility index (Phi) is 16.6. The number of ether oxygens (including phenoxy) is 2. The molecule has 0 bridgehead atoms. The zero-order chi connectivity index (χ0) is 34.5. The van der Waals surface area contributed by atoms with Crippen molar-refractivity contribution in [2.75, 3.05) is 6.61 Å². The number of hydrogen-bond donors (Lipinski definition) is 3. The van der Waals surface area contributed by atoms with Gasteiger partial charge in [0.2, 0.25) is 0 Å². The molecule has 0 aliphatic carbocycles. The van der Waals surface area contributed by atoms with E-state index in [-0.39, 0.29) is 29.5 Å². The largest absolute Gasteiger partial charge is 0.508 e. The van der Waals surface area contributed by atoms with Gasteiger partial charge in [0.1, 0.15) is 29.3 Å². The summed E-state index contributed by atoms with van der Waals surface area (Å²) in [5.41, 5.74) is 2.78. The quantitative estimate of drug-likeness (QED) is 0.181. The van der Waals surface area contributed by atoms with Gasteiger partial charge in [0.15, 0.2) is 0 Å². The lowest BCUT2D eigenvalue weighted by atomic mass is 10.1. The van der Waals surface area contributed by atoms with Crippen LogP contribution < -0.4 is 0 Å². The summed E-state index contributed by atoms with van der Waals surface area (Å²) < 4.78 is 10.8. The highest BCUT2D eigenvalue weighted by molar-refractivity contribution is 5.74. The number of aromatic hydroxyl groups is 2. The first kappa shape index (κ1) is 37.4. The maximum absolute atomic E-state index is 10.0. The summed E-state index contributed by atoms with van der Waals surface area (Å²) in [6.07, 6.45) is 11.0. The molecule has 10 heteroatoms. The average Bonchev–Trinajstić information content (AvgIpc) is 3.03. The molecule has 0 fully saturated rings. The number of carbonyl (C=O) groups is 1. The number of nitrogens with zero attached hydrogens (tertiary/aromatic N) is 4. The number of phenols is 2. The molecule has 0 saturated carbocycles. The second-order valence-electron chi connectivity index (χ2n) is 9.02. The van der Waals surface area contributed by atoms with Crippen molar-refractivity contribution in [3.8, 4) is 23.6 Å². The van der Waals surface area contributed by atoms with E-state index < -0.39 is 0 Å². The summed E-state index contributed by atoms with van der Waals surface area (Å²) >= 11 is 0. The molecule has 0 aromatic heterocycles. The van der Waals surface area contributed by atoms with Gasteiger partial charge in [-0.15, -0.1) is 0 Å². The number of aldehydes is 1. The number of rotatable bonds is 3. The van der Waals surface area contributed by atoms with Crippen LogP contribution in [0.1, 0.15) is 43.6 Å². The Balaban J connectivity index is 0.000000360. The number of nitriles is 2. The van der Waals surface area contributed by atoms with Crippen LogP contribution in [0.25, 0.3) is 15.8 Å². The minimum atomic E-state index is 0.0354. The first-order valence-electron chi connectivity index (χ1n) is 13.5. The molecule has 0 saturated heterocycles. The smallest absolute Gasteiger partial charge is 0.269 e. The summed E-state index contributed by atoms with van der Waals surface area (Å²) in [6.45, 7) is 21.0. The minimum absolute atomic E-state index is 0.0354. The monoisotopic (exact) mass is 616 g/mol. The fraction of sp³-hybridized carbons (Fsp3) is 0.139. The molecule has 2 heterocycles. The van der Waals surface area contributed by atoms with E-state index in [1.165, 1.54) is 12.1 Å². The Labute approximate surface area is 268 Å². The van der Waals surface area contributed by atoms with Gasteiger partial charge in [-0.1, -0.05) is 18.2 Å². The molecule has 0 unspecified atom stereocenters. The van der Waals surface area contributed by atoms with Crippen LogP contribution in [0.4, 0.5) is 0 Å². The fourth-order valence-corrected chi connectivity index (χ4v) is 3.43. The van der Waals surface area contributed by atoms with Gasteiger partial charge < -0.3 is 24.8 Å². The Morgan fingerprint density at radius 2 is 1.13 bits per heavy atom. The van der Waals surface area contributed by atoms with Crippen molar-refractivity contribution in [1.29, 1.82) is 10.5 Å². The summed E-state index contributed by atoms with van der Waals surface area (Å²) in [6, 6.07) is 16.5. The predicted molar refractivity (Wildman–Crippen MR) is 173 cm³/mol. The summed E-state index contributed by atoms with van der Waals surface area (Å²) in [7, 11) is 0. The van der Waals surface area contributed by atoms with Crippen molar-refractivity contribution in [2.24, 2.45) is 0 Å². The molecule has 0 spiro atoms. The van der Waals surface area contributed by atoms with Crippen LogP contribution in [0, 0.1) is 35.8 Å². The lowest BCUT2D eigenvalue weighted by Crippen LogP contribution is -1.96. The van der Waals surface area contributed by atoms with Crippen LogP contribution in [0.15, 0.2) is 124 Å². The molecule has 0 atom stereocenters. The van der Waals surface area contributed by atoms with Gasteiger partial charge in [-0.05, 0) is 111 Å². The Morgan fingerprint density at radius 3 is 1.52 bits per heavy atom. The highest BCUT2D eigenvalue weighted by atomic mass is 16.5. The Morgan fingerprint density at radius 1 is 0.739 bits per heavy atom. The molecule has 10 nitrogen and oxygen atoms in total. The lowest BCUT2D eigenvalue weighted by molar-refractivity contribution is 0.112. The first-order chi connectivity index (χ1) is 22.0. The SMILES string of the molecule is CCO.O=Cc1ccc(O)cc1.[C-]#[N+]/C(C#N)=C1\C=C(C)OC(/C=C/c2ccc(O)cc2)=C1.[C-]#[N+]C(C#N)=C1C=C(C)OC(C)=C1. The lowest BCUT2D eigenvalue weighted by Gasteiger charge is -2.13. The van der Waals surface area contributed by atoms with Crippen LogP contribution in [0.3, 0.4) is 0 Å². The Bertz CT molecular complexity index is 1710. The second kappa shape index (κ2) is 20.3. The van der Waals surface area contributed by atoms with Gasteiger partial charge in [0.25, 0.3) is 11.4 Å². The van der Waals surface area contributed by atoms with Crippen molar-refractivity contribution >= 4 is 12.4 Å². The zero-order valence-corrected chi connectivity index (χ0v) is 25.7. The number of hydrogen-bond acceptors (Lipinski definition) is 8. The number of allylic oxidation sites excluding steroid dienone is 12. The third-order valence-electron chi connectivity index (χ3n) is 5.32. The minimum Gasteiger partial charge on any atom is -0.508 e. The van der Waals surface area contributed by atoms with Crippen LogP contribution in [0.5, 0.6) is 11.5 Å². The van der Waals surface area contributed by atoms with Crippen molar-refractivity contribution in [3.63, 3.8) is 0 Å². The first-order valence-corrected chi connectivity index (χ1v) is 13.5. The molecule has 2 aromatic rings. The van der Waals surface area contributed by atoms with Crippen LogP contribution in [-0.4, -0.2) is 28.2 Å². The Hall–Kier alpha value is -6.59. The maximum Gasteiger partial charge on any atom is 0.269 e. The highest BCUT2D eigenvalue weighted by Crippen LogP contribution is 2.24. The van der Waals surface area contributed by atoms with E-state index in [1.54, 1.807) is 94.5 Å². The third-order valence-corrected chi connectivity index (χ3v) is 5.32. The molecular formula is C36H32N4O6. The molecule has 3 N–H and O–H groups in total. The topological polar surface area (TPSA) is 153 Å². The van der Waals surface area contributed by atoms with Gasteiger partial charge in [-0.2, -0.15) is 0 Å². The van der Waals surface area contributed by atoms with Crippen molar-refractivity contribution in [3.05, 3.63) is 158 Å². The summed E-state index contributed by atoms with van der Waals surface area (Å²) in [5, 5.41) is 43.1. The molecule has 0 radical (unpaired) electrons. The summed E-state index contributed by atoms with van der Waals surface area (Å²) in [5.74, 6) is 2.96. The van der Waals surface area contributed by atoms with Crippen LogP contribution in [0.2, 0.25) is 0 Å². The van der Waals surface area contributed by atoms with E-state index >= 15 is 0 Å². The maximum atomic E-state index is 10.0. The number of phenolic OH excluding ortho intramolecular Hbond substituents is 2. The second-order valence-corrected chi connectivity index (χ2v) is 9.02. The van der Waals surface area contributed by atoms with Gasteiger partial charge in [0.05, 0.1) is 36.8 Å². The number of benzene rings is 2. The van der Waals surface area contributed by atoms with Crippen LogP contribution in [-0.2, 0) is 9.47 Å². The average molecular weight is 617 g/mol. The molecule has 2 aliphatic rings. The van der Waals surface area contributed by atoms with Crippen molar-refractivity contribution < 1.29 is 29.6 Å². The van der Waals surface area contributed by atoms with Gasteiger partial charge in [-0.3, -0.25) is 4.79 Å². The molecule has 46 heavy (non-hydrogen) atoms. The van der Waals surface area contributed by atoms with Gasteiger partial charge in [0, 0.05) is 12.2 Å². The fourth-order valence-electron chi connectivity index (χ4n) is 3.43. The normalized spacial score (nSPS) is 13.7. The third kappa shape index (κ3) is 13.6. The molecule has 2 aliphatic heterocycles.